The molecule has 0 aliphatic carbocycles. The van der Waals surface area contributed by atoms with E-state index in [-0.39, 0.29) is 6.04 Å². The lowest BCUT2D eigenvalue weighted by Gasteiger charge is -2.16. The van der Waals surface area contributed by atoms with Crippen LogP contribution < -0.4 is 0 Å². The van der Waals surface area contributed by atoms with Crippen molar-refractivity contribution in [3.63, 3.8) is 0 Å². The Hall–Kier alpha value is -2.03. The molecular weight excluding hydrogens is 236 g/mol. The van der Waals surface area contributed by atoms with Crippen LogP contribution in [0.3, 0.4) is 0 Å². The van der Waals surface area contributed by atoms with E-state index in [4.69, 9.17) is 5.53 Å². The second kappa shape index (κ2) is 5.31. The second-order valence-corrected chi connectivity index (χ2v) is 5.02. The van der Waals surface area contributed by atoms with Crippen LogP contribution in [-0.2, 0) is 6.54 Å². The maximum absolute atomic E-state index is 8.48. The molecule has 0 bridgehead atoms. The van der Waals surface area contributed by atoms with E-state index < -0.39 is 0 Å². The summed E-state index contributed by atoms with van der Waals surface area (Å²) in [5, 5.41) is 6.42. The van der Waals surface area contributed by atoms with Crippen LogP contribution in [0.25, 0.3) is 21.2 Å². The first-order valence-electron chi connectivity index (χ1n) is 6.60. The van der Waals surface area contributed by atoms with Crippen molar-refractivity contribution in [1.82, 2.24) is 4.90 Å². The smallest absolute Gasteiger partial charge is 0.0513 e. The SMILES string of the molecule is [N-]=[N+]=N[C@H]1CCN(Cc2cccc3ccccc23)C1. The molecule has 96 valence electrons. The molecule has 1 fully saturated rings. The van der Waals surface area contributed by atoms with Crippen LogP contribution in [0.1, 0.15) is 12.0 Å². The Morgan fingerprint density at radius 3 is 2.95 bits per heavy atom. The summed E-state index contributed by atoms with van der Waals surface area (Å²) in [6.45, 7) is 2.80. The van der Waals surface area contributed by atoms with Gasteiger partial charge in [0.15, 0.2) is 0 Å². The van der Waals surface area contributed by atoms with Gasteiger partial charge in [0, 0.05) is 18.0 Å². The molecule has 0 unspecified atom stereocenters. The Kier molecular flexibility index (Phi) is 3.36. The van der Waals surface area contributed by atoms with E-state index in [2.05, 4.69) is 57.4 Å². The van der Waals surface area contributed by atoms with Crippen molar-refractivity contribution in [2.45, 2.75) is 19.0 Å². The summed E-state index contributed by atoms with van der Waals surface area (Å²) in [5.74, 6) is 0. The highest BCUT2D eigenvalue weighted by atomic mass is 15.2. The van der Waals surface area contributed by atoms with Crippen LogP contribution in [0.15, 0.2) is 47.6 Å². The van der Waals surface area contributed by atoms with Crippen molar-refractivity contribution in [2.75, 3.05) is 13.1 Å². The summed E-state index contributed by atoms with van der Waals surface area (Å²) in [6.07, 6.45) is 0.967. The number of rotatable bonds is 3. The average molecular weight is 252 g/mol. The molecule has 2 aromatic rings. The van der Waals surface area contributed by atoms with Gasteiger partial charge in [-0.05, 0) is 34.8 Å². The highest BCUT2D eigenvalue weighted by Crippen LogP contribution is 2.22. The average Bonchev–Trinajstić information content (AvgIpc) is 2.87. The standard InChI is InChI=1S/C15H16N4/c16-18-17-14-8-9-19(11-14)10-13-6-3-5-12-4-1-2-7-15(12)13/h1-7,14H,8-11H2/t14-/m0/s1. The minimum atomic E-state index is 0.139. The third-order valence-corrected chi connectivity index (χ3v) is 3.74. The lowest BCUT2D eigenvalue weighted by molar-refractivity contribution is 0.328. The summed E-state index contributed by atoms with van der Waals surface area (Å²) in [6, 6.07) is 15.0. The first kappa shape index (κ1) is 12.0. The maximum atomic E-state index is 8.48. The van der Waals surface area contributed by atoms with Crippen molar-refractivity contribution in [3.05, 3.63) is 58.5 Å². The quantitative estimate of drug-likeness (QED) is 0.466. The molecule has 1 atom stereocenters. The highest BCUT2D eigenvalue weighted by Gasteiger charge is 2.21. The van der Waals surface area contributed by atoms with Gasteiger partial charge in [0.2, 0.25) is 0 Å². The van der Waals surface area contributed by atoms with Crippen LogP contribution >= 0.6 is 0 Å². The lowest BCUT2D eigenvalue weighted by Crippen LogP contribution is -2.21. The largest absolute Gasteiger partial charge is 0.299 e. The summed E-state index contributed by atoms with van der Waals surface area (Å²) in [5.41, 5.74) is 9.83. The monoisotopic (exact) mass is 252 g/mol. The number of azide groups is 1. The van der Waals surface area contributed by atoms with Gasteiger partial charge in [-0.3, -0.25) is 4.90 Å². The van der Waals surface area contributed by atoms with Gasteiger partial charge in [-0.1, -0.05) is 47.6 Å². The number of hydrogen-bond acceptors (Lipinski definition) is 2. The second-order valence-electron chi connectivity index (χ2n) is 5.02. The lowest BCUT2D eigenvalue weighted by atomic mass is 10.0. The van der Waals surface area contributed by atoms with E-state index in [1.165, 1.54) is 16.3 Å². The molecule has 0 aromatic heterocycles. The van der Waals surface area contributed by atoms with E-state index in [1.54, 1.807) is 0 Å². The predicted molar refractivity (Wildman–Crippen MR) is 76.8 cm³/mol. The first-order valence-corrected chi connectivity index (χ1v) is 6.60. The minimum Gasteiger partial charge on any atom is -0.299 e. The van der Waals surface area contributed by atoms with Gasteiger partial charge < -0.3 is 0 Å². The normalized spacial score (nSPS) is 19.5. The number of hydrogen-bond donors (Lipinski definition) is 0. The Labute approximate surface area is 112 Å². The maximum Gasteiger partial charge on any atom is 0.0513 e. The summed E-state index contributed by atoms with van der Waals surface area (Å²) in [7, 11) is 0. The molecule has 0 N–H and O–H groups in total. The fourth-order valence-corrected chi connectivity index (χ4v) is 2.79. The van der Waals surface area contributed by atoms with Crippen molar-refractivity contribution in [3.8, 4) is 0 Å². The molecule has 1 aliphatic rings. The van der Waals surface area contributed by atoms with Crippen LogP contribution in [-0.4, -0.2) is 24.0 Å². The third kappa shape index (κ3) is 2.55. The molecule has 19 heavy (non-hydrogen) atoms. The van der Waals surface area contributed by atoms with Crippen molar-refractivity contribution >= 4 is 10.8 Å². The Morgan fingerprint density at radius 1 is 1.21 bits per heavy atom. The molecule has 4 heteroatoms. The molecule has 0 spiro atoms. The zero-order chi connectivity index (χ0) is 13.1. The molecule has 1 saturated heterocycles. The van der Waals surface area contributed by atoms with Gasteiger partial charge in [0.05, 0.1) is 6.04 Å². The van der Waals surface area contributed by atoms with E-state index in [0.29, 0.717) is 0 Å². The highest BCUT2D eigenvalue weighted by molar-refractivity contribution is 5.85. The van der Waals surface area contributed by atoms with Gasteiger partial charge in [-0.25, -0.2) is 0 Å². The van der Waals surface area contributed by atoms with Crippen molar-refractivity contribution in [1.29, 1.82) is 0 Å². The zero-order valence-corrected chi connectivity index (χ0v) is 10.7. The fraction of sp³-hybridized carbons (Fsp3) is 0.333. The number of fused-ring (bicyclic) bond motifs is 1. The van der Waals surface area contributed by atoms with E-state index >= 15 is 0 Å². The molecule has 1 aliphatic heterocycles. The van der Waals surface area contributed by atoms with Gasteiger partial charge in [-0.15, -0.1) is 0 Å². The molecule has 4 nitrogen and oxygen atoms in total. The molecule has 1 heterocycles. The van der Waals surface area contributed by atoms with Crippen LogP contribution in [0.2, 0.25) is 0 Å². The summed E-state index contributed by atoms with van der Waals surface area (Å²) >= 11 is 0. The van der Waals surface area contributed by atoms with Crippen molar-refractivity contribution in [2.24, 2.45) is 5.11 Å². The minimum absolute atomic E-state index is 0.139. The fourth-order valence-electron chi connectivity index (χ4n) is 2.79. The number of likely N-dealkylation sites (tertiary alicyclic amines) is 1. The molecule has 0 amide bonds. The van der Waals surface area contributed by atoms with Gasteiger partial charge >= 0.3 is 0 Å². The third-order valence-electron chi connectivity index (χ3n) is 3.74. The Morgan fingerprint density at radius 2 is 2.05 bits per heavy atom. The Balaban J connectivity index is 1.81. The molecule has 0 saturated carbocycles. The van der Waals surface area contributed by atoms with Crippen molar-refractivity contribution < 1.29 is 0 Å². The van der Waals surface area contributed by atoms with Crippen LogP contribution in [0.5, 0.6) is 0 Å². The molecule has 2 aromatic carbocycles. The van der Waals surface area contributed by atoms with Crippen LogP contribution in [0.4, 0.5) is 0 Å². The summed E-state index contributed by atoms with van der Waals surface area (Å²) < 4.78 is 0. The van der Waals surface area contributed by atoms with Gasteiger partial charge in [0.25, 0.3) is 0 Å². The molecule has 3 rings (SSSR count). The van der Waals surface area contributed by atoms with E-state index in [0.717, 1.165) is 26.1 Å². The number of benzene rings is 2. The molecular formula is C15H16N4. The van der Waals surface area contributed by atoms with Crippen LogP contribution in [0, 0.1) is 0 Å². The predicted octanol–water partition coefficient (Wildman–Crippen LogP) is 3.72. The zero-order valence-electron chi connectivity index (χ0n) is 10.7. The topological polar surface area (TPSA) is 52.0 Å². The van der Waals surface area contributed by atoms with E-state index in [9.17, 15) is 0 Å². The number of nitrogens with zero attached hydrogens (tertiary/aromatic N) is 4. The summed E-state index contributed by atoms with van der Waals surface area (Å²) in [4.78, 5) is 5.27. The first-order chi connectivity index (χ1) is 9.36. The van der Waals surface area contributed by atoms with Gasteiger partial charge in [0.1, 0.15) is 0 Å². The van der Waals surface area contributed by atoms with E-state index in [1.807, 2.05) is 0 Å². The Bertz CT molecular complexity index is 626. The van der Waals surface area contributed by atoms with Gasteiger partial charge in [-0.2, -0.15) is 0 Å². The molecule has 0 radical (unpaired) electrons.